The topological polar surface area (TPSA) is 65.1 Å². The van der Waals surface area contributed by atoms with Gasteiger partial charge in [0.25, 0.3) is 0 Å². The number of ether oxygens (including phenoxy) is 3. The predicted octanol–water partition coefficient (Wildman–Crippen LogP) is 6.42. The Morgan fingerprint density at radius 3 is 2.45 bits per heavy atom. The van der Waals surface area contributed by atoms with E-state index in [1.807, 2.05) is 66.7 Å². The van der Waals surface area contributed by atoms with Gasteiger partial charge in [-0.3, -0.25) is 4.79 Å². The number of rotatable bonds is 7. The monoisotopic (exact) mass is 512 g/mol. The lowest BCUT2D eigenvalue weighted by atomic mass is 9.88. The third-order valence-corrected chi connectivity index (χ3v) is 7.02. The molecule has 6 heteroatoms. The first-order valence-corrected chi connectivity index (χ1v) is 13.1. The number of hydrogen-bond acceptors (Lipinski definition) is 5. The first kappa shape index (κ1) is 24.3. The van der Waals surface area contributed by atoms with Crippen molar-refractivity contribution in [3.8, 4) is 22.6 Å². The highest BCUT2D eigenvalue weighted by atomic mass is 16.6. The van der Waals surface area contributed by atoms with Gasteiger partial charge in [-0.2, -0.15) is 0 Å². The van der Waals surface area contributed by atoms with Crippen molar-refractivity contribution in [3.63, 3.8) is 0 Å². The molecule has 3 aromatic rings. The van der Waals surface area contributed by atoms with E-state index in [2.05, 4.69) is 0 Å². The van der Waals surface area contributed by atoms with E-state index in [1.165, 1.54) is 13.2 Å². The summed E-state index contributed by atoms with van der Waals surface area (Å²) in [6.45, 7) is 0.154. The number of carbonyl (C=O) groups is 2. The number of amides is 1. The molecule has 1 unspecified atom stereocenters. The summed E-state index contributed by atoms with van der Waals surface area (Å²) in [4.78, 5) is 27.0. The largest absolute Gasteiger partial charge is 0.486 e. The summed E-state index contributed by atoms with van der Waals surface area (Å²) in [6, 6.07) is 21.0. The van der Waals surface area contributed by atoms with Gasteiger partial charge in [0.05, 0.1) is 15.0 Å². The van der Waals surface area contributed by atoms with Gasteiger partial charge in [-0.05, 0) is 65.4 Å². The van der Waals surface area contributed by atoms with Gasteiger partial charge in [-0.25, -0.2) is 4.79 Å². The lowest BCUT2D eigenvalue weighted by Gasteiger charge is -2.30. The average molecular weight is 513 g/mol. The Morgan fingerprint density at radius 2 is 1.68 bits per heavy atom. The molecule has 0 aromatic heterocycles. The van der Waals surface area contributed by atoms with Crippen LogP contribution in [0.25, 0.3) is 17.2 Å². The summed E-state index contributed by atoms with van der Waals surface area (Å²) >= 11 is 0. The SMILES string of the molecule is [2H]C(c1ccc(-c2ccc3c(c2)OCCO3)cc1)N(C(=O)C1CCCCC1)c1cccc(/C=C/C(=O)OC)c1. The molecule has 1 atom stereocenters. The Balaban J connectivity index is 1.44. The second-order valence-electron chi connectivity index (χ2n) is 9.60. The van der Waals surface area contributed by atoms with Crippen molar-refractivity contribution in [2.45, 2.75) is 38.6 Å². The number of nitrogens with zero attached hydrogens (tertiary/aromatic N) is 1. The van der Waals surface area contributed by atoms with Crippen molar-refractivity contribution in [1.82, 2.24) is 0 Å². The van der Waals surface area contributed by atoms with Crippen molar-refractivity contribution in [1.29, 1.82) is 0 Å². The fourth-order valence-electron chi connectivity index (χ4n) is 4.96. The molecule has 1 aliphatic carbocycles. The Morgan fingerprint density at radius 1 is 0.947 bits per heavy atom. The van der Waals surface area contributed by atoms with Crippen LogP contribution in [0.1, 0.15) is 44.6 Å². The number of esters is 1. The molecule has 0 N–H and O–H groups in total. The second kappa shape index (κ2) is 12.0. The number of methoxy groups -OCH3 is 1. The van der Waals surface area contributed by atoms with Gasteiger partial charge in [-0.1, -0.05) is 61.7 Å². The van der Waals surface area contributed by atoms with Crippen LogP contribution in [-0.2, 0) is 20.8 Å². The van der Waals surface area contributed by atoms with Crippen LogP contribution in [0.15, 0.2) is 72.8 Å². The Labute approximate surface area is 225 Å². The smallest absolute Gasteiger partial charge is 0.330 e. The molecule has 1 fully saturated rings. The standard InChI is InChI=1S/C32H33NO5/c1-36-31(34)17-12-23-6-5-9-28(20-23)33(32(35)26-7-3-2-4-8-26)22-24-10-13-25(14-11-24)27-15-16-29-30(21-27)38-19-18-37-29/h5-6,9-17,20-21,26H,2-4,7-8,18-19,22H2,1H3/b17-12+/i22D. The van der Waals surface area contributed by atoms with Crippen LogP contribution in [0, 0.1) is 5.92 Å². The van der Waals surface area contributed by atoms with Crippen LogP contribution in [0.2, 0.25) is 0 Å². The first-order valence-electron chi connectivity index (χ1n) is 13.7. The fourth-order valence-corrected chi connectivity index (χ4v) is 4.96. The Hall–Kier alpha value is -4.06. The van der Waals surface area contributed by atoms with Crippen molar-refractivity contribution in [2.75, 3.05) is 25.2 Å². The summed E-state index contributed by atoms with van der Waals surface area (Å²) in [5, 5.41) is 0. The number of anilines is 1. The molecular formula is C32H33NO5. The van der Waals surface area contributed by atoms with Crippen LogP contribution < -0.4 is 14.4 Å². The maximum Gasteiger partial charge on any atom is 0.330 e. The molecule has 0 spiro atoms. The molecule has 1 heterocycles. The summed E-state index contributed by atoms with van der Waals surface area (Å²) in [5.74, 6) is 0.893. The van der Waals surface area contributed by atoms with Gasteiger partial charge in [0, 0.05) is 17.7 Å². The molecule has 5 rings (SSSR count). The predicted molar refractivity (Wildman–Crippen MR) is 148 cm³/mol. The van der Waals surface area contributed by atoms with Crippen LogP contribution >= 0.6 is 0 Å². The second-order valence-corrected chi connectivity index (χ2v) is 9.60. The molecule has 0 saturated heterocycles. The van der Waals surface area contributed by atoms with Gasteiger partial charge >= 0.3 is 5.97 Å². The van der Waals surface area contributed by atoms with E-state index >= 15 is 0 Å². The van der Waals surface area contributed by atoms with Crippen molar-refractivity contribution < 1.29 is 25.2 Å². The molecule has 0 bridgehead atoms. The number of fused-ring (bicyclic) bond motifs is 1. The zero-order valence-electron chi connectivity index (χ0n) is 22.6. The first-order chi connectivity index (χ1) is 19.0. The van der Waals surface area contributed by atoms with E-state index < -0.39 is 12.5 Å². The lowest BCUT2D eigenvalue weighted by Crippen LogP contribution is -2.36. The van der Waals surface area contributed by atoms with Crippen LogP contribution in [-0.4, -0.2) is 32.2 Å². The fraction of sp³-hybridized carbons (Fsp3) is 0.312. The van der Waals surface area contributed by atoms with E-state index in [1.54, 1.807) is 11.0 Å². The number of benzene rings is 3. The summed E-state index contributed by atoms with van der Waals surface area (Å²) in [6.07, 6.45) is 7.88. The van der Waals surface area contributed by atoms with Gasteiger partial charge in [0.1, 0.15) is 13.2 Å². The third kappa shape index (κ3) is 6.08. The van der Waals surface area contributed by atoms with E-state index in [0.29, 0.717) is 18.9 Å². The zero-order valence-corrected chi connectivity index (χ0v) is 21.6. The summed E-state index contributed by atoms with van der Waals surface area (Å²) in [5.41, 5.74) is 4.08. The van der Waals surface area contributed by atoms with E-state index in [9.17, 15) is 11.0 Å². The van der Waals surface area contributed by atoms with Gasteiger partial charge in [-0.15, -0.1) is 0 Å². The molecule has 1 amide bonds. The lowest BCUT2D eigenvalue weighted by molar-refractivity contribution is -0.134. The molecule has 6 nitrogen and oxygen atoms in total. The van der Waals surface area contributed by atoms with Gasteiger partial charge in [0.15, 0.2) is 11.5 Å². The van der Waals surface area contributed by atoms with Crippen LogP contribution in [0.3, 0.4) is 0 Å². The van der Waals surface area contributed by atoms with E-state index in [4.69, 9.17) is 14.2 Å². The van der Waals surface area contributed by atoms with Crippen molar-refractivity contribution >= 4 is 23.6 Å². The number of carbonyl (C=O) groups excluding carboxylic acids is 2. The molecule has 1 saturated carbocycles. The minimum Gasteiger partial charge on any atom is -0.486 e. The Kier molecular flexibility index (Phi) is 7.66. The molecule has 3 aromatic carbocycles. The van der Waals surface area contributed by atoms with Crippen molar-refractivity contribution in [2.24, 2.45) is 5.92 Å². The Bertz CT molecular complexity index is 1350. The maximum atomic E-state index is 13.9. The van der Waals surface area contributed by atoms with Gasteiger partial charge in [0.2, 0.25) is 5.91 Å². The maximum absolute atomic E-state index is 13.9. The van der Waals surface area contributed by atoms with E-state index in [0.717, 1.165) is 65.9 Å². The van der Waals surface area contributed by atoms with Crippen LogP contribution in [0.5, 0.6) is 11.5 Å². The quantitative estimate of drug-likeness (QED) is 0.270. The highest BCUT2D eigenvalue weighted by Gasteiger charge is 2.27. The zero-order chi connectivity index (χ0) is 27.2. The summed E-state index contributed by atoms with van der Waals surface area (Å²) < 4.78 is 25.3. The third-order valence-electron chi connectivity index (χ3n) is 7.02. The summed E-state index contributed by atoms with van der Waals surface area (Å²) in [7, 11) is 1.33. The molecule has 1 aliphatic heterocycles. The van der Waals surface area contributed by atoms with E-state index in [-0.39, 0.29) is 11.8 Å². The highest BCUT2D eigenvalue weighted by molar-refractivity contribution is 5.95. The molecule has 0 radical (unpaired) electrons. The minimum atomic E-state index is -0.923. The molecule has 38 heavy (non-hydrogen) atoms. The number of hydrogen-bond donors (Lipinski definition) is 0. The van der Waals surface area contributed by atoms with Crippen molar-refractivity contribution in [3.05, 3.63) is 83.9 Å². The molecule has 196 valence electrons. The normalized spacial score (nSPS) is 16.5. The molecule has 2 aliphatic rings. The average Bonchev–Trinajstić information content (AvgIpc) is 3.00. The molecular weight excluding hydrogens is 478 g/mol. The minimum absolute atomic E-state index is 0.0280. The van der Waals surface area contributed by atoms with Gasteiger partial charge < -0.3 is 19.1 Å². The van der Waals surface area contributed by atoms with Crippen LogP contribution in [0.4, 0.5) is 5.69 Å². The highest BCUT2D eigenvalue weighted by Crippen LogP contribution is 2.35.